The van der Waals surface area contributed by atoms with E-state index in [9.17, 15) is 4.79 Å². The minimum Gasteiger partial charge on any atom is -0.369 e. The van der Waals surface area contributed by atoms with Gasteiger partial charge in [-0.15, -0.1) is 0 Å². The van der Waals surface area contributed by atoms with E-state index in [0.29, 0.717) is 17.1 Å². The number of anilines is 1. The lowest BCUT2D eigenvalue weighted by Crippen LogP contribution is -2.15. The van der Waals surface area contributed by atoms with E-state index in [2.05, 4.69) is 28.8 Å². The standard InChI is InChI=1S/C13H19N5O2/c1-7(2)5-8-3-4-9(20-8)18-6-15-10-11(18)16-13(14)17-12(10)19/h6-9H,3-5H2,1-2H3,(H3,14,16,17,19). The number of fused-ring (bicyclic) bond motifs is 1. The topological polar surface area (TPSA) is 98.8 Å². The molecule has 1 aliphatic rings. The molecule has 2 unspecified atom stereocenters. The number of rotatable bonds is 3. The third-order valence-corrected chi connectivity index (χ3v) is 3.58. The summed E-state index contributed by atoms with van der Waals surface area (Å²) >= 11 is 0. The zero-order chi connectivity index (χ0) is 14.3. The monoisotopic (exact) mass is 277 g/mol. The van der Waals surface area contributed by atoms with Gasteiger partial charge in [0.25, 0.3) is 5.56 Å². The Morgan fingerprint density at radius 2 is 2.35 bits per heavy atom. The highest BCUT2D eigenvalue weighted by molar-refractivity contribution is 5.70. The van der Waals surface area contributed by atoms with Crippen LogP contribution in [0, 0.1) is 5.92 Å². The Balaban J connectivity index is 1.90. The van der Waals surface area contributed by atoms with Crippen molar-refractivity contribution in [1.82, 2.24) is 19.5 Å². The Morgan fingerprint density at radius 3 is 3.10 bits per heavy atom. The maximum Gasteiger partial charge on any atom is 0.280 e. The van der Waals surface area contributed by atoms with E-state index in [1.165, 1.54) is 0 Å². The first kappa shape index (κ1) is 13.1. The predicted molar refractivity (Wildman–Crippen MR) is 75.2 cm³/mol. The van der Waals surface area contributed by atoms with Crippen molar-refractivity contribution in [3.63, 3.8) is 0 Å². The maximum atomic E-state index is 11.7. The van der Waals surface area contributed by atoms with Crippen molar-refractivity contribution in [2.75, 3.05) is 5.73 Å². The van der Waals surface area contributed by atoms with Gasteiger partial charge in [-0.05, 0) is 25.2 Å². The molecule has 108 valence electrons. The second kappa shape index (κ2) is 4.90. The van der Waals surface area contributed by atoms with Crippen molar-refractivity contribution in [3.8, 4) is 0 Å². The number of hydrogen-bond acceptors (Lipinski definition) is 5. The van der Waals surface area contributed by atoms with Crippen LogP contribution in [0.5, 0.6) is 0 Å². The number of nitrogens with one attached hydrogen (secondary N) is 1. The Morgan fingerprint density at radius 1 is 1.55 bits per heavy atom. The second-order valence-corrected chi connectivity index (χ2v) is 5.69. The van der Waals surface area contributed by atoms with Gasteiger partial charge in [-0.3, -0.25) is 14.3 Å². The van der Waals surface area contributed by atoms with Crippen LogP contribution >= 0.6 is 0 Å². The van der Waals surface area contributed by atoms with Gasteiger partial charge in [0.2, 0.25) is 5.95 Å². The Kier molecular flexibility index (Phi) is 3.21. The molecule has 0 saturated carbocycles. The molecule has 2 aromatic heterocycles. The molecule has 0 amide bonds. The highest BCUT2D eigenvalue weighted by Gasteiger charge is 2.28. The first-order valence-electron chi connectivity index (χ1n) is 6.92. The molecule has 1 saturated heterocycles. The van der Waals surface area contributed by atoms with Crippen LogP contribution in [-0.4, -0.2) is 25.6 Å². The molecule has 3 N–H and O–H groups in total. The molecular weight excluding hydrogens is 258 g/mol. The van der Waals surface area contributed by atoms with Gasteiger partial charge in [0.1, 0.15) is 6.23 Å². The fraction of sp³-hybridized carbons (Fsp3) is 0.615. The fourth-order valence-corrected chi connectivity index (χ4v) is 2.74. The summed E-state index contributed by atoms with van der Waals surface area (Å²) in [5.74, 6) is 0.705. The molecule has 3 heterocycles. The summed E-state index contributed by atoms with van der Waals surface area (Å²) in [6.07, 6.45) is 4.71. The van der Waals surface area contributed by atoms with Crippen molar-refractivity contribution in [2.24, 2.45) is 5.92 Å². The van der Waals surface area contributed by atoms with E-state index in [1.54, 1.807) is 10.9 Å². The molecule has 1 aliphatic heterocycles. The van der Waals surface area contributed by atoms with Crippen molar-refractivity contribution in [1.29, 1.82) is 0 Å². The molecular formula is C13H19N5O2. The van der Waals surface area contributed by atoms with Crippen molar-refractivity contribution in [3.05, 3.63) is 16.7 Å². The van der Waals surface area contributed by atoms with E-state index in [0.717, 1.165) is 19.3 Å². The summed E-state index contributed by atoms with van der Waals surface area (Å²) in [5, 5.41) is 0. The Hall–Kier alpha value is -1.89. The molecule has 0 radical (unpaired) electrons. The van der Waals surface area contributed by atoms with E-state index in [4.69, 9.17) is 10.5 Å². The number of H-pyrrole nitrogens is 1. The number of ether oxygens (including phenoxy) is 1. The van der Waals surface area contributed by atoms with E-state index >= 15 is 0 Å². The third kappa shape index (κ3) is 2.29. The number of nitrogens with two attached hydrogens (primary N) is 1. The number of imidazole rings is 1. The van der Waals surface area contributed by atoms with Crippen molar-refractivity contribution < 1.29 is 4.74 Å². The van der Waals surface area contributed by atoms with E-state index in [1.807, 2.05) is 0 Å². The van der Waals surface area contributed by atoms with Gasteiger partial charge in [-0.1, -0.05) is 13.8 Å². The van der Waals surface area contributed by atoms with Gasteiger partial charge in [-0.25, -0.2) is 4.98 Å². The zero-order valence-corrected chi connectivity index (χ0v) is 11.7. The lowest BCUT2D eigenvalue weighted by molar-refractivity contribution is -0.00442. The maximum absolute atomic E-state index is 11.7. The van der Waals surface area contributed by atoms with Crippen LogP contribution in [0.1, 0.15) is 39.3 Å². The van der Waals surface area contributed by atoms with Gasteiger partial charge in [0.15, 0.2) is 11.2 Å². The van der Waals surface area contributed by atoms with Gasteiger partial charge < -0.3 is 10.5 Å². The smallest absolute Gasteiger partial charge is 0.280 e. The van der Waals surface area contributed by atoms with Crippen molar-refractivity contribution in [2.45, 2.75) is 45.4 Å². The summed E-state index contributed by atoms with van der Waals surface area (Å²) in [6, 6.07) is 0. The van der Waals surface area contributed by atoms with Crippen LogP contribution in [0.3, 0.4) is 0 Å². The predicted octanol–water partition coefficient (Wildman–Crippen LogP) is 1.43. The molecule has 0 spiro atoms. The molecule has 0 bridgehead atoms. The van der Waals surface area contributed by atoms with Gasteiger partial charge in [0, 0.05) is 0 Å². The quantitative estimate of drug-likeness (QED) is 0.884. The lowest BCUT2D eigenvalue weighted by atomic mass is 10.0. The average molecular weight is 277 g/mol. The summed E-state index contributed by atoms with van der Waals surface area (Å²) in [6.45, 7) is 4.37. The Labute approximate surface area is 116 Å². The van der Waals surface area contributed by atoms with E-state index < -0.39 is 0 Å². The van der Waals surface area contributed by atoms with Crippen LogP contribution < -0.4 is 11.3 Å². The third-order valence-electron chi connectivity index (χ3n) is 3.58. The summed E-state index contributed by atoms with van der Waals surface area (Å²) < 4.78 is 7.84. The highest BCUT2D eigenvalue weighted by atomic mass is 16.5. The molecule has 2 aromatic rings. The summed E-state index contributed by atoms with van der Waals surface area (Å²) in [7, 11) is 0. The molecule has 7 heteroatoms. The highest BCUT2D eigenvalue weighted by Crippen LogP contribution is 2.32. The number of aromatic nitrogens is 4. The van der Waals surface area contributed by atoms with Gasteiger partial charge in [-0.2, -0.15) is 4.98 Å². The molecule has 2 atom stereocenters. The molecule has 0 aliphatic carbocycles. The minimum atomic E-state index is -0.317. The van der Waals surface area contributed by atoms with Crippen LogP contribution in [-0.2, 0) is 4.74 Å². The molecule has 0 aromatic carbocycles. The summed E-state index contributed by atoms with van der Waals surface area (Å²) in [4.78, 5) is 22.5. The SMILES string of the molecule is CC(C)CC1CCC(n2cnc3c(=O)[nH]c(N)nc32)O1. The van der Waals surface area contributed by atoms with Gasteiger partial charge in [0.05, 0.1) is 12.4 Å². The first-order chi connectivity index (χ1) is 9.54. The largest absolute Gasteiger partial charge is 0.369 e. The number of nitrogen functional groups attached to an aromatic ring is 1. The van der Waals surface area contributed by atoms with Crippen LogP contribution in [0.25, 0.3) is 11.2 Å². The molecule has 1 fully saturated rings. The normalized spacial score (nSPS) is 22.9. The minimum absolute atomic E-state index is 0.0981. The summed E-state index contributed by atoms with van der Waals surface area (Å²) in [5.41, 5.74) is 6.07. The van der Waals surface area contributed by atoms with Crippen LogP contribution in [0.2, 0.25) is 0 Å². The van der Waals surface area contributed by atoms with E-state index in [-0.39, 0.29) is 23.8 Å². The second-order valence-electron chi connectivity index (χ2n) is 5.69. The molecule has 3 rings (SSSR count). The lowest BCUT2D eigenvalue weighted by Gasteiger charge is -2.16. The number of aromatic amines is 1. The van der Waals surface area contributed by atoms with Crippen LogP contribution in [0.4, 0.5) is 5.95 Å². The first-order valence-corrected chi connectivity index (χ1v) is 6.92. The Bertz CT molecular complexity index is 675. The van der Waals surface area contributed by atoms with Crippen LogP contribution in [0.15, 0.2) is 11.1 Å². The average Bonchev–Trinajstić information content (AvgIpc) is 2.94. The van der Waals surface area contributed by atoms with Gasteiger partial charge >= 0.3 is 0 Å². The molecule has 7 nitrogen and oxygen atoms in total. The fourth-order valence-electron chi connectivity index (χ4n) is 2.74. The molecule has 20 heavy (non-hydrogen) atoms. The zero-order valence-electron chi connectivity index (χ0n) is 11.7. The number of hydrogen-bond donors (Lipinski definition) is 2. The number of nitrogens with zero attached hydrogens (tertiary/aromatic N) is 3. The van der Waals surface area contributed by atoms with Crippen molar-refractivity contribution >= 4 is 17.1 Å².